The fraction of sp³-hybridized carbons (Fsp3) is 0.533. The van der Waals surface area contributed by atoms with Gasteiger partial charge in [0.1, 0.15) is 5.69 Å². The van der Waals surface area contributed by atoms with Crippen molar-refractivity contribution in [2.45, 2.75) is 42.6 Å². The molecular weight excluding hydrogens is 270 g/mol. The largest absolute Gasteiger partial charge is 0.292 e. The van der Waals surface area contributed by atoms with Crippen LogP contribution in [0.5, 0.6) is 0 Å². The molecule has 0 N–H and O–H groups in total. The average Bonchev–Trinajstić information content (AvgIpc) is 2.90. The van der Waals surface area contributed by atoms with E-state index in [-0.39, 0.29) is 11.7 Å². The molecule has 2 aliphatic rings. The molecule has 4 rings (SSSR count). The number of fused-ring (bicyclic) bond motifs is 3. The van der Waals surface area contributed by atoms with Gasteiger partial charge in [-0.1, -0.05) is 6.42 Å². The van der Waals surface area contributed by atoms with Crippen molar-refractivity contribution >= 4 is 23.3 Å². The number of hydrogen-bond donors (Lipinski definition) is 0. The second kappa shape index (κ2) is 4.88. The highest BCUT2D eigenvalue weighted by Crippen LogP contribution is 2.44. The van der Waals surface area contributed by atoms with Crippen LogP contribution in [0.25, 0.3) is 5.78 Å². The predicted octanol–water partition coefficient (Wildman–Crippen LogP) is 2.98. The number of imidazole rings is 1. The molecule has 2 aromatic rings. The van der Waals surface area contributed by atoms with E-state index in [0.29, 0.717) is 22.0 Å². The Labute approximate surface area is 122 Å². The summed E-state index contributed by atoms with van der Waals surface area (Å²) in [7, 11) is 0. The minimum atomic E-state index is 0.173. The molecule has 2 aromatic heterocycles. The number of aromatic nitrogens is 3. The van der Waals surface area contributed by atoms with Crippen LogP contribution < -0.4 is 0 Å². The van der Waals surface area contributed by atoms with Crippen LogP contribution in [-0.2, 0) is 0 Å². The summed E-state index contributed by atoms with van der Waals surface area (Å²) in [6, 6.07) is 1.84. The monoisotopic (exact) mass is 287 g/mol. The highest BCUT2D eigenvalue weighted by atomic mass is 32.2. The van der Waals surface area contributed by atoms with Crippen molar-refractivity contribution in [3.05, 3.63) is 30.4 Å². The highest BCUT2D eigenvalue weighted by Gasteiger charge is 2.36. The average molecular weight is 287 g/mol. The number of carbonyl (C=O) groups excluding carboxylic acids is 1. The van der Waals surface area contributed by atoms with Gasteiger partial charge in [0.05, 0.1) is 6.20 Å². The molecule has 2 unspecified atom stereocenters. The molecule has 0 amide bonds. The third kappa shape index (κ3) is 2.04. The summed E-state index contributed by atoms with van der Waals surface area (Å²) in [5.41, 5.74) is 0.697. The van der Waals surface area contributed by atoms with Crippen molar-refractivity contribution in [2.24, 2.45) is 5.92 Å². The molecule has 0 spiro atoms. The van der Waals surface area contributed by atoms with Gasteiger partial charge in [-0.15, -0.1) is 0 Å². The number of thioether (sulfide) groups is 1. The van der Waals surface area contributed by atoms with Crippen LogP contribution in [0.1, 0.15) is 42.6 Å². The van der Waals surface area contributed by atoms with Crippen LogP contribution in [0.15, 0.2) is 24.7 Å². The van der Waals surface area contributed by atoms with E-state index in [9.17, 15) is 4.79 Å². The van der Waals surface area contributed by atoms with Gasteiger partial charge >= 0.3 is 0 Å². The number of carbonyl (C=O) groups is 1. The first-order chi connectivity index (χ1) is 9.81. The zero-order valence-corrected chi connectivity index (χ0v) is 12.1. The summed E-state index contributed by atoms with van der Waals surface area (Å²) in [4.78, 5) is 21.2. The fourth-order valence-corrected chi connectivity index (χ4v) is 5.33. The zero-order chi connectivity index (χ0) is 13.5. The third-order valence-corrected chi connectivity index (χ3v) is 6.07. The van der Waals surface area contributed by atoms with Gasteiger partial charge in [0, 0.05) is 28.8 Å². The molecule has 104 valence electrons. The Kier molecular flexibility index (Phi) is 3.02. The first kappa shape index (κ1) is 12.4. The lowest BCUT2D eigenvalue weighted by atomic mass is 9.86. The van der Waals surface area contributed by atoms with Gasteiger partial charge in [0.25, 0.3) is 0 Å². The molecule has 20 heavy (non-hydrogen) atoms. The first-order valence-corrected chi connectivity index (χ1v) is 8.23. The lowest BCUT2D eigenvalue weighted by Gasteiger charge is -2.37. The van der Waals surface area contributed by atoms with Crippen LogP contribution in [0.4, 0.5) is 0 Å². The Bertz CT molecular complexity index is 641. The van der Waals surface area contributed by atoms with E-state index < -0.39 is 0 Å². The maximum atomic E-state index is 12.8. The molecule has 0 aromatic carbocycles. The molecule has 2 saturated heterocycles. The van der Waals surface area contributed by atoms with Gasteiger partial charge in [0.15, 0.2) is 5.78 Å². The van der Waals surface area contributed by atoms with Crippen molar-refractivity contribution in [1.82, 2.24) is 14.4 Å². The highest BCUT2D eigenvalue weighted by molar-refractivity contribution is 8.00. The quantitative estimate of drug-likeness (QED) is 0.797. The van der Waals surface area contributed by atoms with Gasteiger partial charge in [0.2, 0.25) is 5.78 Å². The molecule has 5 heteroatoms. The van der Waals surface area contributed by atoms with Crippen LogP contribution in [-0.4, -0.2) is 30.7 Å². The molecule has 0 saturated carbocycles. The van der Waals surface area contributed by atoms with Crippen molar-refractivity contribution in [2.75, 3.05) is 0 Å². The summed E-state index contributed by atoms with van der Waals surface area (Å²) in [6.07, 6.45) is 11.2. The SMILES string of the molecule is O=C(c1cnc2ncccn12)C1CC2CCCC(C1)S2. The Morgan fingerprint density at radius 1 is 1.25 bits per heavy atom. The molecule has 2 atom stereocenters. The molecule has 2 aliphatic heterocycles. The normalized spacial score (nSPS) is 29.5. The number of ketones is 1. The van der Waals surface area contributed by atoms with E-state index in [4.69, 9.17) is 0 Å². The summed E-state index contributed by atoms with van der Waals surface area (Å²) in [5, 5.41) is 1.38. The van der Waals surface area contributed by atoms with Gasteiger partial charge in [-0.05, 0) is 31.7 Å². The molecule has 0 aliphatic carbocycles. The molecule has 4 heterocycles. The molecule has 2 fully saturated rings. The van der Waals surface area contributed by atoms with Crippen LogP contribution in [0.3, 0.4) is 0 Å². The van der Waals surface area contributed by atoms with Crippen molar-refractivity contribution in [3.8, 4) is 0 Å². The summed E-state index contributed by atoms with van der Waals surface area (Å²) in [5.74, 6) is 1.04. The summed E-state index contributed by atoms with van der Waals surface area (Å²) in [6.45, 7) is 0. The van der Waals surface area contributed by atoms with Crippen LogP contribution in [0, 0.1) is 5.92 Å². The van der Waals surface area contributed by atoms with E-state index in [2.05, 4.69) is 21.7 Å². The van der Waals surface area contributed by atoms with Crippen LogP contribution in [0.2, 0.25) is 0 Å². The predicted molar refractivity (Wildman–Crippen MR) is 79.1 cm³/mol. The Balaban J connectivity index is 1.63. The fourth-order valence-electron chi connectivity index (χ4n) is 3.49. The number of rotatable bonds is 2. The molecular formula is C15H17N3OS. The van der Waals surface area contributed by atoms with Crippen LogP contribution >= 0.6 is 11.8 Å². The van der Waals surface area contributed by atoms with Gasteiger partial charge in [-0.3, -0.25) is 9.20 Å². The second-order valence-electron chi connectivity index (χ2n) is 5.78. The summed E-state index contributed by atoms with van der Waals surface area (Å²) >= 11 is 2.11. The Hall–Kier alpha value is -1.36. The van der Waals surface area contributed by atoms with Gasteiger partial charge < -0.3 is 0 Å². The maximum absolute atomic E-state index is 12.8. The first-order valence-electron chi connectivity index (χ1n) is 7.29. The van der Waals surface area contributed by atoms with Gasteiger partial charge in [-0.25, -0.2) is 9.97 Å². The van der Waals surface area contributed by atoms with E-state index in [0.717, 1.165) is 12.8 Å². The second-order valence-corrected chi connectivity index (χ2v) is 7.38. The van der Waals surface area contributed by atoms with E-state index in [1.165, 1.54) is 19.3 Å². The Morgan fingerprint density at radius 3 is 2.85 bits per heavy atom. The van der Waals surface area contributed by atoms with Crippen molar-refractivity contribution in [3.63, 3.8) is 0 Å². The number of hydrogen-bond acceptors (Lipinski definition) is 4. The van der Waals surface area contributed by atoms with E-state index in [1.807, 2.05) is 16.7 Å². The third-order valence-electron chi connectivity index (χ3n) is 4.44. The summed E-state index contributed by atoms with van der Waals surface area (Å²) < 4.78 is 1.82. The standard InChI is InChI=1S/C15H17N3OS/c19-14(10-7-11-3-1-4-12(8-10)20-11)13-9-17-15-16-5-2-6-18(13)15/h2,5-6,9-12H,1,3-4,7-8H2. The van der Waals surface area contributed by atoms with E-state index in [1.54, 1.807) is 12.4 Å². The zero-order valence-electron chi connectivity index (χ0n) is 11.2. The molecule has 2 bridgehead atoms. The van der Waals surface area contributed by atoms with Crippen molar-refractivity contribution in [1.29, 1.82) is 0 Å². The maximum Gasteiger partial charge on any atom is 0.234 e. The number of nitrogens with zero attached hydrogens (tertiary/aromatic N) is 3. The lowest BCUT2D eigenvalue weighted by molar-refractivity contribution is 0.0890. The Morgan fingerprint density at radius 2 is 2.05 bits per heavy atom. The smallest absolute Gasteiger partial charge is 0.234 e. The van der Waals surface area contributed by atoms with E-state index >= 15 is 0 Å². The van der Waals surface area contributed by atoms with Gasteiger partial charge in [-0.2, -0.15) is 11.8 Å². The lowest BCUT2D eigenvalue weighted by Crippen LogP contribution is -2.33. The molecule has 0 radical (unpaired) electrons. The van der Waals surface area contributed by atoms with Crippen molar-refractivity contribution < 1.29 is 4.79 Å². The topological polar surface area (TPSA) is 47.3 Å². The minimum absolute atomic E-state index is 0.173. The molecule has 4 nitrogen and oxygen atoms in total. The minimum Gasteiger partial charge on any atom is -0.292 e. The number of Topliss-reactive ketones (excluding diaryl/α,β-unsaturated/α-hetero) is 1.